The van der Waals surface area contributed by atoms with Crippen LogP contribution in [0.2, 0.25) is 0 Å². The van der Waals surface area contributed by atoms with Crippen LogP contribution in [0.25, 0.3) is 11.8 Å². The molecule has 0 spiro atoms. The van der Waals surface area contributed by atoms with E-state index in [9.17, 15) is 0 Å². The molecule has 7 N–H and O–H groups in total. The third-order valence-corrected chi connectivity index (χ3v) is 3.38. The number of anilines is 1. The number of aryl methyl sites for hydroxylation is 1. The molecule has 7 nitrogen and oxygen atoms in total. The van der Waals surface area contributed by atoms with E-state index in [4.69, 9.17) is 26.0 Å². The Morgan fingerprint density at radius 3 is 2.73 bits per heavy atom. The second-order valence-electron chi connectivity index (χ2n) is 4.54. The van der Waals surface area contributed by atoms with Crippen molar-refractivity contribution in [1.29, 1.82) is 0 Å². The highest BCUT2D eigenvalue weighted by Gasteiger charge is 2.09. The maximum absolute atomic E-state index is 8.71. The van der Waals surface area contributed by atoms with Gasteiger partial charge in [-0.3, -0.25) is 4.52 Å². The molecule has 0 aliphatic rings. The van der Waals surface area contributed by atoms with Crippen molar-refractivity contribution < 1.29 is 19.0 Å². The molecule has 118 valence electrons. The van der Waals surface area contributed by atoms with E-state index in [1.807, 2.05) is 13.0 Å². The Kier molecular flexibility index (Phi) is 5.41. The zero-order valence-corrected chi connectivity index (χ0v) is 12.9. The normalized spacial score (nSPS) is 11.9. The predicted octanol–water partition coefficient (Wildman–Crippen LogP) is 1.93. The average Bonchev–Trinajstić information content (AvgIpc) is 2.79. The van der Waals surface area contributed by atoms with Crippen molar-refractivity contribution in [2.45, 2.75) is 6.92 Å². The van der Waals surface area contributed by atoms with Crippen LogP contribution in [0.15, 0.2) is 30.5 Å². The number of hydrogen-bond acceptors (Lipinski definition) is 6. The number of H-pyrrole nitrogens is 1. The van der Waals surface area contributed by atoms with Crippen molar-refractivity contribution in [2.24, 2.45) is 5.73 Å². The van der Waals surface area contributed by atoms with E-state index in [2.05, 4.69) is 9.51 Å². The van der Waals surface area contributed by atoms with Crippen LogP contribution < -0.4 is 16.2 Å². The average molecular weight is 323 g/mol. The maximum Gasteiger partial charge on any atom is 0.330 e. The van der Waals surface area contributed by atoms with Gasteiger partial charge in [0.25, 0.3) is 0 Å². The second kappa shape index (κ2) is 7.29. The summed E-state index contributed by atoms with van der Waals surface area (Å²) in [5.41, 5.74) is 14.9. The fraction of sp³-hybridized carbons (Fsp3) is 0.143. The summed E-state index contributed by atoms with van der Waals surface area (Å²) in [6.45, 7) is 1.64. The molecule has 0 saturated heterocycles. The highest BCUT2D eigenvalue weighted by Crippen LogP contribution is 2.29. The minimum Gasteiger partial charge on any atom is -0.466 e. The zero-order valence-electron chi connectivity index (χ0n) is 12.0. The van der Waals surface area contributed by atoms with Gasteiger partial charge >= 0.3 is 8.60 Å². The van der Waals surface area contributed by atoms with Gasteiger partial charge in [-0.2, -0.15) is 0 Å². The van der Waals surface area contributed by atoms with Crippen LogP contribution in [-0.4, -0.2) is 21.6 Å². The third-order valence-electron chi connectivity index (χ3n) is 3.04. The van der Waals surface area contributed by atoms with Crippen molar-refractivity contribution in [3.8, 4) is 5.75 Å². The first-order valence-electron chi connectivity index (χ1n) is 6.42. The van der Waals surface area contributed by atoms with Crippen molar-refractivity contribution in [1.82, 2.24) is 4.98 Å². The number of para-hydroxylation sites is 1. The zero-order chi connectivity index (χ0) is 16.1. The molecule has 0 aliphatic heterocycles. The summed E-state index contributed by atoms with van der Waals surface area (Å²) in [5, 5.41) is 0. The molecule has 0 radical (unpaired) electrons. The summed E-state index contributed by atoms with van der Waals surface area (Å²) in [7, 11) is -2.46. The van der Waals surface area contributed by atoms with Crippen molar-refractivity contribution in [3.63, 3.8) is 0 Å². The van der Waals surface area contributed by atoms with Crippen LogP contribution in [0.4, 0.5) is 5.82 Å². The van der Waals surface area contributed by atoms with Crippen molar-refractivity contribution in [3.05, 3.63) is 47.2 Å². The largest absolute Gasteiger partial charge is 0.466 e. The van der Waals surface area contributed by atoms with E-state index in [-0.39, 0.29) is 6.79 Å². The molecule has 22 heavy (non-hydrogen) atoms. The maximum atomic E-state index is 8.71. The number of nitrogen functional groups attached to an aromatic ring is 1. The quantitative estimate of drug-likeness (QED) is 0.408. The molecule has 2 rings (SSSR count). The highest BCUT2D eigenvalue weighted by molar-refractivity contribution is 7.39. The number of rotatable bonds is 6. The molecule has 8 heteroatoms. The van der Waals surface area contributed by atoms with E-state index >= 15 is 0 Å². The summed E-state index contributed by atoms with van der Waals surface area (Å²) in [4.78, 5) is 20.3. The number of ether oxygens (including phenoxy) is 1. The van der Waals surface area contributed by atoms with Crippen LogP contribution in [0.5, 0.6) is 5.75 Å². The Labute approximate surface area is 129 Å². The van der Waals surface area contributed by atoms with Crippen molar-refractivity contribution in [2.75, 3.05) is 12.5 Å². The van der Waals surface area contributed by atoms with Gasteiger partial charge < -0.3 is 31.0 Å². The van der Waals surface area contributed by atoms with E-state index in [1.165, 1.54) is 0 Å². The van der Waals surface area contributed by atoms with Gasteiger partial charge in [0, 0.05) is 23.0 Å². The standard InChI is InChI=1S/C14H18N3O4P/c1-9-7-17-14(16)11(9)6-12(15)10-4-2-3-5-13(10)20-8-21-22(18)19/h2-7,17-19H,8,15-16H2,1H3/b12-6-. The monoisotopic (exact) mass is 323 g/mol. The van der Waals surface area contributed by atoms with Gasteiger partial charge in [-0.05, 0) is 30.7 Å². The summed E-state index contributed by atoms with van der Waals surface area (Å²) in [6.07, 6.45) is 3.56. The molecule has 2 aromatic rings. The van der Waals surface area contributed by atoms with Gasteiger partial charge in [-0.1, -0.05) is 12.1 Å². The molecule has 0 unspecified atom stereocenters. The summed E-state index contributed by atoms with van der Waals surface area (Å²) in [5.74, 6) is 1.01. The van der Waals surface area contributed by atoms with Crippen LogP contribution in [-0.2, 0) is 4.52 Å². The molecule has 0 aliphatic carbocycles. The fourth-order valence-electron chi connectivity index (χ4n) is 1.95. The first-order chi connectivity index (χ1) is 10.5. The number of aromatic nitrogens is 1. The van der Waals surface area contributed by atoms with Gasteiger partial charge in [-0.15, -0.1) is 0 Å². The van der Waals surface area contributed by atoms with Gasteiger partial charge in [-0.25, -0.2) is 0 Å². The minimum absolute atomic E-state index is 0.283. The number of aromatic amines is 1. The predicted molar refractivity (Wildman–Crippen MR) is 86.4 cm³/mol. The molecule has 0 fully saturated rings. The number of benzene rings is 1. The Morgan fingerprint density at radius 2 is 2.09 bits per heavy atom. The highest BCUT2D eigenvalue weighted by atomic mass is 31.2. The molecule has 1 aromatic carbocycles. The van der Waals surface area contributed by atoms with E-state index in [1.54, 1.807) is 30.5 Å². The molecule has 0 saturated carbocycles. The third kappa shape index (κ3) is 3.99. The SMILES string of the molecule is Cc1c[nH]c(N)c1/C=C(\N)c1ccccc1OCOP(O)O. The minimum atomic E-state index is -2.46. The van der Waals surface area contributed by atoms with Crippen LogP contribution >= 0.6 is 8.60 Å². The molecule has 0 atom stereocenters. The smallest absolute Gasteiger partial charge is 0.330 e. The molecule has 1 aromatic heterocycles. The molecule has 0 amide bonds. The Hall–Kier alpha value is -2.05. The Balaban J connectivity index is 2.24. The second-order valence-corrected chi connectivity index (χ2v) is 5.30. The molecular formula is C14H18N3O4P. The van der Waals surface area contributed by atoms with Gasteiger partial charge in [0.05, 0.1) is 0 Å². The van der Waals surface area contributed by atoms with Crippen molar-refractivity contribution >= 4 is 26.2 Å². The summed E-state index contributed by atoms with van der Waals surface area (Å²) < 4.78 is 9.96. The first kappa shape index (κ1) is 16.3. The lowest BCUT2D eigenvalue weighted by molar-refractivity contribution is 0.104. The first-order valence-corrected chi connectivity index (χ1v) is 7.59. The Morgan fingerprint density at radius 1 is 1.36 bits per heavy atom. The number of nitrogens with two attached hydrogens (primary N) is 2. The fourth-order valence-corrected chi connectivity index (χ4v) is 2.09. The van der Waals surface area contributed by atoms with E-state index < -0.39 is 8.60 Å². The topological polar surface area (TPSA) is 127 Å². The van der Waals surface area contributed by atoms with Crippen LogP contribution in [0, 0.1) is 6.92 Å². The number of nitrogens with one attached hydrogen (secondary N) is 1. The van der Waals surface area contributed by atoms with Gasteiger partial charge in [0.2, 0.25) is 0 Å². The molecule has 1 heterocycles. The molecule has 0 bridgehead atoms. The van der Waals surface area contributed by atoms with Crippen LogP contribution in [0.3, 0.4) is 0 Å². The van der Waals surface area contributed by atoms with Gasteiger partial charge in [0.1, 0.15) is 11.6 Å². The lowest BCUT2D eigenvalue weighted by Crippen LogP contribution is -2.04. The van der Waals surface area contributed by atoms with Gasteiger partial charge in [0.15, 0.2) is 6.79 Å². The van der Waals surface area contributed by atoms with Crippen LogP contribution in [0.1, 0.15) is 16.7 Å². The number of hydrogen-bond donors (Lipinski definition) is 5. The van der Waals surface area contributed by atoms with E-state index in [0.717, 1.165) is 11.1 Å². The summed E-state index contributed by atoms with van der Waals surface area (Å²) >= 11 is 0. The van der Waals surface area contributed by atoms with E-state index in [0.29, 0.717) is 22.8 Å². The lowest BCUT2D eigenvalue weighted by atomic mass is 10.1. The summed E-state index contributed by atoms with van der Waals surface area (Å²) in [6, 6.07) is 7.11. The lowest BCUT2D eigenvalue weighted by Gasteiger charge is -2.12. The molecular weight excluding hydrogens is 305 g/mol. The Bertz CT molecular complexity index is 650.